The number of ketones is 1. The van der Waals surface area contributed by atoms with Gasteiger partial charge in [0.1, 0.15) is 0 Å². The fourth-order valence-corrected chi connectivity index (χ4v) is 2.59. The predicted molar refractivity (Wildman–Crippen MR) is 91.0 cm³/mol. The first-order valence-corrected chi connectivity index (χ1v) is 9.16. The first-order chi connectivity index (χ1) is 10.7. The maximum Gasteiger partial charge on any atom is 0.224 e. The molecule has 0 aromatic heterocycles. The van der Waals surface area contributed by atoms with E-state index >= 15 is 0 Å². The lowest BCUT2D eigenvalue weighted by molar-refractivity contribution is -0.116. The van der Waals surface area contributed by atoms with Crippen molar-refractivity contribution < 1.29 is 18.0 Å². The van der Waals surface area contributed by atoms with Gasteiger partial charge >= 0.3 is 0 Å². The average molecular weight is 340 g/mol. The van der Waals surface area contributed by atoms with E-state index < -0.39 is 15.3 Å². The summed E-state index contributed by atoms with van der Waals surface area (Å²) in [4.78, 5) is 23.1. The van der Waals surface area contributed by atoms with E-state index in [0.29, 0.717) is 37.1 Å². The molecule has 6 nitrogen and oxygen atoms in total. The normalized spacial score (nSPS) is 11.5. The van der Waals surface area contributed by atoms with Crippen LogP contribution in [0, 0.1) is 0 Å². The molecule has 0 spiro atoms. The van der Waals surface area contributed by atoms with Crippen molar-refractivity contribution in [2.45, 2.75) is 45.3 Å². The zero-order valence-electron chi connectivity index (χ0n) is 13.8. The van der Waals surface area contributed by atoms with Gasteiger partial charge in [0.2, 0.25) is 15.9 Å². The van der Waals surface area contributed by atoms with Gasteiger partial charge < -0.3 is 5.32 Å². The van der Waals surface area contributed by atoms with Crippen LogP contribution in [0.1, 0.15) is 50.4 Å². The summed E-state index contributed by atoms with van der Waals surface area (Å²) in [6.07, 6.45) is 1.47. The van der Waals surface area contributed by atoms with E-state index in [4.69, 9.17) is 0 Å². The van der Waals surface area contributed by atoms with Crippen LogP contribution in [0.4, 0.5) is 5.69 Å². The second-order valence-electron chi connectivity index (χ2n) is 5.63. The Labute approximate surface area is 137 Å². The van der Waals surface area contributed by atoms with Gasteiger partial charge in [0.15, 0.2) is 5.78 Å². The topological polar surface area (TPSA) is 92.3 Å². The van der Waals surface area contributed by atoms with Crippen molar-refractivity contribution in [2.24, 2.45) is 0 Å². The number of sulfonamides is 1. The number of Topliss-reactive ketones (excluding diaryl/α,β-unsaturated/α-hetero) is 1. The van der Waals surface area contributed by atoms with Gasteiger partial charge in [-0.1, -0.05) is 12.1 Å². The minimum Gasteiger partial charge on any atom is -0.326 e. The van der Waals surface area contributed by atoms with Crippen LogP contribution in [0.15, 0.2) is 24.3 Å². The largest absolute Gasteiger partial charge is 0.326 e. The number of carbonyl (C=O) groups excluding carboxylic acids is 2. The third-order valence-corrected chi connectivity index (χ3v) is 5.16. The van der Waals surface area contributed by atoms with E-state index in [1.165, 1.54) is 6.92 Å². The lowest BCUT2D eigenvalue weighted by Crippen LogP contribution is -2.31. The van der Waals surface area contributed by atoms with Crippen LogP contribution in [0.25, 0.3) is 0 Å². The zero-order valence-corrected chi connectivity index (χ0v) is 14.6. The number of unbranched alkanes of at least 4 members (excludes halogenated alkanes) is 1. The summed E-state index contributed by atoms with van der Waals surface area (Å²) in [6.45, 7) is 5.03. The summed E-state index contributed by atoms with van der Waals surface area (Å²) in [5.74, 6) is -0.212. The van der Waals surface area contributed by atoms with Crippen LogP contribution in [0.3, 0.4) is 0 Å². The van der Waals surface area contributed by atoms with Gasteiger partial charge in [-0.3, -0.25) is 9.59 Å². The van der Waals surface area contributed by atoms with Gasteiger partial charge in [0.05, 0.1) is 5.25 Å². The Morgan fingerprint density at radius 1 is 1.17 bits per heavy atom. The summed E-state index contributed by atoms with van der Waals surface area (Å²) in [5, 5.41) is 2.27. The van der Waals surface area contributed by atoms with Crippen molar-refractivity contribution in [1.82, 2.24) is 4.72 Å². The van der Waals surface area contributed by atoms with Crippen LogP contribution >= 0.6 is 0 Å². The summed E-state index contributed by atoms with van der Waals surface area (Å²) in [7, 11) is -3.24. The van der Waals surface area contributed by atoms with Gasteiger partial charge in [0, 0.05) is 24.2 Å². The van der Waals surface area contributed by atoms with Gasteiger partial charge in [-0.25, -0.2) is 13.1 Å². The molecular formula is C16H24N2O4S. The Morgan fingerprint density at radius 2 is 1.87 bits per heavy atom. The molecule has 1 aromatic rings. The van der Waals surface area contributed by atoms with Crippen LogP contribution < -0.4 is 10.0 Å². The van der Waals surface area contributed by atoms with Crippen molar-refractivity contribution >= 4 is 27.4 Å². The highest BCUT2D eigenvalue weighted by atomic mass is 32.2. The van der Waals surface area contributed by atoms with Crippen molar-refractivity contribution in [3.63, 3.8) is 0 Å². The minimum atomic E-state index is -3.24. The second-order valence-corrected chi connectivity index (χ2v) is 7.95. The quantitative estimate of drug-likeness (QED) is 0.533. The molecule has 0 saturated carbocycles. The Hall–Kier alpha value is -1.73. The second kappa shape index (κ2) is 8.79. The monoisotopic (exact) mass is 340 g/mol. The highest BCUT2D eigenvalue weighted by Crippen LogP contribution is 2.12. The molecule has 0 bridgehead atoms. The molecule has 0 unspecified atom stereocenters. The Bertz CT molecular complexity index is 654. The number of benzene rings is 1. The van der Waals surface area contributed by atoms with Crippen molar-refractivity contribution in [3.05, 3.63) is 29.8 Å². The summed E-state index contributed by atoms with van der Waals surface area (Å²) in [6, 6.07) is 6.77. The number of amides is 1. The standard InChI is InChI=1S/C16H24N2O4S/c1-12(2)23(21,22)17-10-5-4-9-16(20)18-15-8-6-7-14(11-15)13(3)19/h6-8,11-12,17H,4-5,9-10H2,1-3H3,(H,18,20). The number of carbonyl (C=O) groups is 2. The molecule has 0 heterocycles. The molecule has 128 valence electrons. The van der Waals surface area contributed by atoms with Gasteiger partial charge in [-0.15, -0.1) is 0 Å². The highest BCUT2D eigenvalue weighted by Gasteiger charge is 2.14. The van der Waals surface area contributed by atoms with E-state index in [2.05, 4.69) is 10.0 Å². The third kappa shape index (κ3) is 6.92. The Kier molecular flexibility index (Phi) is 7.38. The summed E-state index contributed by atoms with van der Waals surface area (Å²) in [5.41, 5.74) is 1.13. The van der Waals surface area contributed by atoms with E-state index in [1.54, 1.807) is 38.1 Å². The molecule has 7 heteroatoms. The van der Waals surface area contributed by atoms with Crippen molar-refractivity contribution in [3.8, 4) is 0 Å². The highest BCUT2D eigenvalue weighted by molar-refractivity contribution is 7.90. The number of nitrogens with one attached hydrogen (secondary N) is 2. The molecular weight excluding hydrogens is 316 g/mol. The average Bonchev–Trinajstić information content (AvgIpc) is 2.46. The van der Waals surface area contributed by atoms with Crippen molar-refractivity contribution in [2.75, 3.05) is 11.9 Å². The number of rotatable bonds is 9. The fraction of sp³-hybridized carbons (Fsp3) is 0.500. The van der Waals surface area contributed by atoms with Crippen LogP contribution in [0.2, 0.25) is 0 Å². The fourth-order valence-electron chi connectivity index (χ4n) is 1.83. The molecule has 2 N–H and O–H groups in total. The third-order valence-electron chi connectivity index (χ3n) is 3.31. The van der Waals surface area contributed by atoms with Gasteiger partial charge in [0.25, 0.3) is 0 Å². The lowest BCUT2D eigenvalue weighted by atomic mass is 10.1. The molecule has 0 aliphatic heterocycles. The van der Waals surface area contributed by atoms with E-state index in [9.17, 15) is 18.0 Å². The van der Waals surface area contributed by atoms with Gasteiger partial charge in [-0.2, -0.15) is 0 Å². The smallest absolute Gasteiger partial charge is 0.224 e. The molecule has 0 radical (unpaired) electrons. The lowest BCUT2D eigenvalue weighted by Gasteiger charge is -2.09. The number of anilines is 1. The van der Waals surface area contributed by atoms with Crippen LogP contribution in [0.5, 0.6) is 0 Å². The van der Waals surface area contributed by atoms with Crippen LogP contribution in [-0.4, -0.2) is 31.9 Å². The maximum atomic E-state index is 11.8. The van der Waals surface area contributed by atoms with E-state index in [1.807, 2.05) is 0 Å². The molecule has 0 saturated heterocycles. The zero-order chi connectivity index (χ0) is 17.5. The van der Waals surface area contributed by atoms with Crippen molar-refractivity contribution in [1.29, 1.82) is 0 Å². The summed E-state index contributed by atoms with van der Waals surface area (Å²) >= 11 is 0. The van der Waals surface area contributed by atoms with E-state index in [0.717, 1.165) is 0 Å². The van der Waals surface area contributed by atoms with Gasteiger partial charge in [-0.05, 0) is 45.7 Å². The predicted octanol–water partition coefficient (Wildman–Crippen LogP) is 2.33. The molecule has 0 fully saturated rings. The molecule has 1 aromatic carbocycles. The Morgan fingerprint density at radius 3 is 2.48 bits per heavy atom. The number of hydrogen-bond donors (Lipinski definition) is 2. The molecule has 0 aliphatic carbocycles. The molecule has 0 aliphatic rings. The molecule has 0 atom stereocenters. The number of hydrogen-bond acceptors (Lipinski definition) is 4. The maximum absolute atomic E-state index is 11.8. The summed E-state index contributed by atoms with van der Waals surface area (Å²) < 4.78 is 25.6. The first-order valence-electron chi connectivity index (χ1n) is 7.61. The SMILES string of the molecule is CC(=O)c1cccc(NC(=O)CCCCNS(=O)(=O)C(C)C)c1. The molecule has 1 rings (SSSR count). The van der Waals surface area contributed by atoms with Crippen LogP contribution in [-0.2, 0) is 14.8 Å². The first kappa shape index (κ1) is 19.3. The van der Waals surface area contributed by atoms with E-state index in [-0.39, 0.29) is 11.7 Å². The minimum absolute atomic E-state index is 0.0569. The Balaban J connectivity index is 2.33. The molecule has 23 heavy (non-hydrogen) atoms. The molecule has 1 amide bonds.